The summed E-state index contributed by atoms with van der Waals surface area (Å²) in [6.07, 6.45) is 5.64. The lowest BCUT2D eigenvalue weighted by atomic mass is 9.99. The minimum Gasteiger partial charge on any atom is -0.360 e. The molecule has 0 saturated carbocycles. The molecule has 1 unspecified atom stereocenters. The van der Waals surface area contributed by atoms with E-state index in [1.165, 1.54) is 5.56 Å². The van der Waals surface area contributed by atoms with E-state index in [4.69, 9.17) is 4.98 Å². The van der Waals surface area contributed by atoms with E-state index in [1.807, 2.05) is 18.5 Å². The maximum atomic E-state index is 12.9. The van der Waals surface area contributed by atoms with Crippen molar-refractivity contribution in [2.75, 3.05) is 56.5 Å². The Hall–Kier alpha value is -3.29. The SMILES string of the molecule is CC1CCCN(C)c2ccc(cn2)-c2ccnc(c2)Nc2cccc(c2)CN2CCN(CC2)CC1=O. The third-order valence-corrected chi connectivity index (χ3v) is 7.36. The fraction of sp³-hybridized carbons (Fsp3) is 0.414. The van der Waals surface area contributed by atoms with Gasteiger partial charge in [-0.3, -0.25) is 14.6 Å². The quantitative estimate of drug-likeness (QED) is 0.506. The molecule has 7 heteroatoms. The standard InChI is InChI=1S/C29H36N6O/c1-22-5-4-12-33(2)29-9-8-25(19-31-29)24-10-11-30-28(18-24)32-26-7-3-6-23(17-26)20-34-13-15-35(16-14-34)21-27(22)36/h3,6-11,17-19,22H,4-5,12-16,20-21H2,1-2H3,(H,30,32). The van der Waals surface area contributed by atoms with Gasteiger partial charge >= 0.3 is 0 Å². The number of anilines is 3. The topological polar surface area (TPSA) is 64.6 Å². The highest BCUT2D eigenvalue weighted by molar-refractivity contribution is 5.82. The molecule has 0 radical (unpaired) electrons. The summed E-state index contributed by atoms with van der Waals surface area (Å²) in [5.41, 5.74) is 4.44. The van der Waals surface area contributed by atoms with Crippen molar-refractivity contribution in [2.24, 2.45) is 5.92 Å². The van der Waals surface area contributed by atoms with Crippen molar-refractivity contribution in [2.45, 2.75) is 26.3 Å². The minimum atomic E-state index is 0.0875. The molecule has 188 valence electrons. The van der Waals surface area contributed by atoms with Gasteiger partial charge in [0, 0.05) is 75.9 Å². The number of benzene rings is 1. The molecule has 3 aromatic rings. The van der Waals surface area contributed by atoms with Gasteiger partial charge < -0.3 is 10.2 Å². The predicted octanol–water partition coefficient (Wildman–Crippen LogP) is 4.44. The van der Waals surface area contributed by atoms with Crippen LogP contribution in [0.5, 0.6) is 0 Å². The van der Waals surface area contributed by atoms with Crippen LogP contribution in [0.2, 0.25) is 0 Å². The van der Waals surface area contributed by atoms with E-state index in [9.17, 15) is 4.79 Å². The third kappa shape index (κ3) is 6.09. The molecule has 2 aromatic heterocycles. The Balaban J connectivity index is 1.38. The highest BCUT2D eigenvalue weighted by Gasteiger charge is 2.22. The largest absolute Gasteiger partial charge is 0.360 e. The maximum absolute atomic E-state index is 12.9. The van der Waals surface area contributed by atoms with Crippen molar-refractivity contribution in [3.05, 3.63) is 66.5 Å². The zero-order chi connectivity index (χ0) is 24.9. The van der Waals surface area contributed by atoms with E-state index in [0.717, 1.165) is 80.6 Å². The Kier molecular flexibility index (Phi) is 7.58. The minimum absolute atomic E-state index is 0.0875. The average molecular weight is 485 g/mol. The van der Waals surface area contributed by atoms with Gasteiger partial charge in [0.1, 0.15) is 17.4 Å². The summed E-state index contributed by atoms with van der Waals surface area (Å²) in [6, 6.07) is 16.8. The van der Waals surface area contributed by atoms with Crippen LogP contribution < -0.4 is 10.2 Å². The van der Waals surface area contributed by atoms with Crippen LogP contribution >= 0.6 is 0 Å². The zero-order valence-electron chi connectivity index (χ0n) is 21.4. The molecule has 7 heterocycles. The number of rotatable bonds is 0. The summed E-state index contributed by atoms with van der Waals surface area (Å²) >= 11 is 0. The molecule has 7 nitrogen and oxygen atoms in total. The molecule has 36 heavy (non-hydrogen) atoms. The van der Waals surface area contributed by atoms with Crippen LogP contribution in [-0.2, 0) is 11.3 Å². The molecule has 1 saturated heterocycles. The van der Waals surface area contributed by atoms with Crippen LogP contribution in [0, 0.1) is 5.92 Å². The Labute approximate surface area is 214 Å². The van der Waals surface area contributed by atoms with E-state index >= 15 is 0 Å². The molecular formula is C29H36N6O. The summed E-state index contributed by atoms with van der Waals surface area (Å²) in [7, 11) is 2.07. The second-order valence-electron chi connectivity index (χ2n) is 10.1. The van der Waals surface area contributed by atoms with E-state index in [-0.39, 0.29) is 5.92 Å². The lowest BCUT2D eigenvalue weighted by Crippen LogP contribution is -2.48. The number of aromatic nitrogens is 2. The van der Waals surface area contributed by atoms with Gasteiger partial charge in [0.15, 0.2) is 0 Å². The Morgan fingerprint density at radius 3 is 2.47 bits per heavy atom. The molecule has 0 aliphatic carbocycles. The van der Waals surface area contributed by atoms with E-state index in [1.54, 1.807) is 0 Å². The number of piperazine rings is 1. The lowest BCUT2D eigenvalue weighted by Gasteiger charge is -2.34. The number of carbonyl (C=O) groups excluding carboxylic acids is 1. The van der Waals surface area contributed by atoms with Gasteiger partial charge in [-0.15, -0.1) is 0 Å². The van der Waals surface area contributed by atoms with E-state index in [2.05, 4.69) is 81.4 Å². The van der Waals surface area contributed by atoms with Gasteiger partial charge in [-0.2, -0.15) is 0 Å². The molecular weight excluding hydrogens is 448 g/mol. The fourth-order valence-corrected chi connectivity index (χ4v) is 5.01. The predicted molar refractivity (Wildman–Crippen MR) is 146 cm³/mol. The Morgan fingerprint density at radius 1 is 0.889 bits per heavy atom. The highest BCUT2D eigenvalue weighted by atomic mass is 16.1. The van der Waals surface area contributed by atoms with Gasteiger partial charge in [-0.25, -0.2) is 9.97 Å². The van der Waals surface area contributed by atoms with Gasteiger partial charge in [-0.05, 0) is 60.4 Å². The normalized spacial score (nSPS) is 23.3. The van der Waals surface area contributed by atoms with Gasteiger partial charge in [-0.1, -0.05) is 19.1 Å². The first kappa shape index (κ1) is 24.4. The number of carbonyl (C=O) groups is 1. The first-order valence-electron chi connectivity index (χ1n) is 13.0. The van der Waals surface area contributed by atoms with Crippen LogP contribution in [0.25, 0.3) is 11.1 Å². The van der Waals surface area contributed by atoms with Crippen LogP contribution in [0.3, 0.4) is 0 Å². The average Bonchev–Trinajstić information content (AvgIpc) is 2.89. The Morgan fingerprint density at radius 2 is 1.69 bits per heavy atom. The second-order valence-corrected chi connectivity index (χ2v) is 10.1. The lowest BCUT2D eigenvalue weighted by molar-refractivity contribution is -0.124. The molecule has 1 aromatic carbocycles. The molecule has 5 aliphatic heterocycles. The molecule has 1 atom stereocenters. The summed E-state index contributed by atoms with van der Waals surface area (Å²) in [4.78, 5) is 29.1. The first-order chi connectivity index (χ1) is 17.5. The van der Waals surface area contributed by atoms with Crippen LogP contribution in [-0.4, -0.2) is 71.9 Å². The maximum Gasteiger partial charge on any atom is 0.149 e. The van der Waals surface area contributed by atoms with Crippen molar-refractivity contribution in [3.8, 4) is 11.1 Å². The van der Waals surface area contributed by atoms with Crippen molar-refractivity contribution in [1.29, 1.82) is 0 Å². The van der Waals surface area contributed by atoms with Crippen molar-refractivity contribution in [1.82, 2.24) is 19.8 Å². The number of hydrogen-bond donors (Lipinski definition) is 1. The molecule has 8 rings (SSSR count). The first-order valence-corrected chi connectivity index (χ1v) is 13.0. The summed E-state index contributed by atoms with van der Waals surface area (Å²) in [5.74, 6) is 2.21. The second kappa shape index (κ2) is 11.2. The van der Waals surface area contributed by atoms with Crippen molar-refractivity contribution >= 4 is 23.1 Å². The zero-order valence-corrected chi connectivity index (χ0v) is 21.4. The Bertz CT molecular complexity index is 1170. The van der Waals surface area contributed by atoms with Gasteiger partial charge in [0.2, 0.25) is 0 Å². The molecule has 0 amide bonds. The summed E-state index contributed by atoms with van der Waals surface area (Å²) < 4.78 is 0. The summed E-state index contributed by atoms with van der Waals surface area (Å²) in [6.45, 7) is 8.29. The number of nitrogens with one attached hydrogen (secondary N) is 1. The van der Waals surface area contributed by atoms with Gasteiger partial charge in [0.05, 0.1) is 6.54 Å². The third-order valence-electron chi connectivity index (χ3n) is 7.36. The smallest absolute Gasteiger partial charge is 0.149 e. The molecule has 0 spiro atoms. The molecule has 1 N–H and O–H groups in total. The van der Waals surface area contributed by atoms with Crippen LogP contribution in [0.1, 0.15) is 25.3 Å². The summed E-state index contributed by atoms with van der Waals surface area (Å²) in [5, 5.41) is 3.47. The number of pyridine rings is 2. The molecule has 8 bridgehead atoms. The number of nitrogens with zero attached hydrogens (tertiary/aromatic N) is 5. The number of ketones is 1. The highest BCUT2D eigenvalue weighted by Crippen LogP contribution is 2.25. The molecule has 5 aliphatic rings. The number of hydrogen-bond acceptors (Lipinski definition) is 7. The number of Topliss-reactive ketones (excluding diaryl/α,β-unsaturated/α-hetero) is 1. The molecule has 1 fully saturated rings. The van der Waals surface area contributed by atoms with Crippen molar-refractivity contribution < 1.29 is 4.79 Å². The van der Waals surface area contributed by atoms with E-state index in [0.29, 0.717) is 12.3 Å². The van der Waals surface area contributed by atoms with Gasteiger partial charge in [0.25, 0.3) is 0 Å². The fourth-order valence-electron chi connectivity index (χ4n) is 5.01. The van der Waals surface area contributed by atoms with Crippen LogP contribution in [0.4, 0.5) is 17.3 Å². The van der Waals surface area contributed by atoms with E-state index < -0.39 is 0 Å². The monoisotopic (exact) mass is 484 g/mol. The van der Waals surface area contributed by atoms with Crippen molar-refractivity contribution in [3.63, 3.8) is 0 Å². The van der Waals surface area contributed by atoms with Crippen LogP contribution in [0.15, 0.2) is 60.9 Å².